The van der Waals surface area contributed by atoms with Crippen LogP contribution in [0.3, 0.4) is 0 Å². The maximum atomic E-state index is 9.41. The first kappa shape index (κ1) is 15.5. The summed E-state index contributed by atoms with van der Waals surface area (Å²) in [5.41, 5.74) is 1.22. The number of benzene rings is 1. The van der Waals surface area contributed by atoms with Crippen molar-refractivity contribution in [2.45, 2.75) is 44.0 Å². The molecule has 0 aliphatic carbocycles. The van der Waals surface area contributed by atoms with E-state index in [4.69, 9.17) is 0 Å². The van der Waals surface area contributed by atoms with Crippen molar-refractivity contribution in [3.63, 3.8) is 0 Å². The highest BCUT2D eigenvalue weighted by atomic mass is 32.2. The fourth-order valence-corrected chi connectivity index (χ4v) is 2.99. The lowest BCUT2D eigenvalue weighted by atomic mass is 9.97. The number of aliphatic hydroxyl groups is 1. The molecule has 1 atom stereocenters. The largest absolute Gasteiger partial charge is 0.394 e. The van der Waals surface area contributed by atoms with Crippen molar-refractivity contribution in [3.8, 4) is 0 Å². The Hall–Kier alpha value is -0.510. The second-order valence-electron chi connectivity index (χ2n) is 4.97. The highest BCUT2D eigenvalue weighted by molar-refractivity contribution is 7.99. The Kier molecular flexibility index (Phi) is 6.76. The molecule has 0 spiro atoms. The Morgan fingerprint density at radius 3 is 2.67 bits per heavy atom. The van der Waals surface area contributed by atoms with Crippen LogP contribution >= 0.6 is 11.8 Å². The van der Waals surface area contributed by atoms with Gasteiger partial charge in [0.15, 0.2) is 0 Å². The fraction of sp³-hybridized carbons (Fsp3) is 0.600. The molecule has 0 radical (unpaired) electrons. The molecule has 1 aromatic carbocycles. The molecule has 3 heteroatoms. The number of aryl methyl sites for hydroxylation is 1. The number of nitrogens with one attached hydrogen (secondary N) is 1. The van der Waals surface area contributed by atoms with E-state index in [1.54, 1.807) is 0 Å². The Morgan fingerprint density at radius 2 is 2.06 bits per heavy atom. The van der Waals surface area contributed by atoms with E-state index in [0.29, 0.717) is 0 Å². The lowest BCUT2D eigenvalue weighted by Gasteiger charge is -2.28. The third-order valence-corrected chi connectivity index (χ3v) is 4.44. The van der Waals surface area contributed by atoms with E-state index in [0.717, 1.165) is 25.1 Å². The highest BCUT2D eigenvalue weighted by Crippen LogP contribution is 2.24. The van der Waals surface area contributed by atoms with E-state index in [-0.39, 0.29) is 12.1 Å². The minimum atomic E-state index is -0.124. The van der Waals surface area contributed by atoms with Crippen LogP contribution in [0.25, 0.3) is 0 Å². The van der Waals surface area contributed by atoms with Crippen LogP contribution in [0.1, 0.15) is 32.3 Å². The number of thioether (sulfide) groups is 1. The van der Waals surface area contributed by atoms with Gasteiger partial charge in [0.25, 0.3) is 0 Å². The number of hydrogen-bond donors (Lipinski definition) is 2. The molecule has 2 nitrogen and oxygen atoms in total. The standard InChI is InChI=1S/C15H25NOS/c1-4-16-15(3,12-17)10-7-11-18-14-9-6-5-8-13(14)2/h5-6,8-9,16-17H,4,7,10-12H2,1-3H3. The second kappa shape index (κ2) is 7.82. The van der Waals surface area contributed by atoms with E-state index in [2.05, 4.69) is 50.4 Å². The number of rotatable bonds is 8. The van der Waals surface area contributed by atoms with Crippen LogP contribution in [0.2, 0.25) is 0 Å². The van der Waals surface area contributed by atoms with E-state index < -0.39 is 0 Å². The van der Waals surface area contributed by atoms with Gasteiger partial charge in [0.2, 0.25) is 0 Å². The van der Waals surface area contributed by atoms with E-state index in [1.165, 1.54) is 10.5 Å². The van der Waals surface area contributed by atoms with Gasteiger partial charge in [0.05, 0.1) is 6.61 Å². The van der Waals surface area contributed by atoms with E-state index in [9.17, 15) is 5.11 Å². The predicted molar refractivity (Wildman–Crippen MR) is 80.3 cm³/mol. The molecule has 0 saturated carbocycles. The number of aliphatic hydroxyl groups excluding tert-OH is 1. The fourth-order valence-electron chi connectivity index (χ4n) is 2.01. The Balaban J connectivity index is 2.32. The molecular weight excluding hydrogens is 242 g/mol. The van der Waals surface area contributed by atoms with Gasteiger partial charge in [-0.1, -0.05) is 25.1 Å². The Morgan fingerprint density at radius 1 is 1.33 bits per heavy atom. The topological polar surface area (TPSA) is 32.3 Å². The number of likely N-dealkylation sites (N-methyl/N-ethyl adjacent to an activating group) is 1. The first-order chi connectivity index (χ1) is 8.61. The maximum absolute atomic E-state index is 9.41. The van der Waals surface area contributed by atoms with Crippen LogP contribution in [-0.4, -0.2) is 29.5 Å². The smallest absolute Gasteiger partial charge is 0.0610 e. The minimum Gasteiger partial charge on any atom is -0.394 e. The summed E-state index contributed by atoms with van der Waals surface area (Å²) < 4.78 is 0. The van der Waals surface area contributed by atoms with Crippen molar-refractivity contribution >= 4 is 11.8 Å². The lowest BCUT2D eigenvalue weighted by Crippen LogP contribution is -2.45. The molecule has 102 valence electrons. The van der Waals surface area contributed by atoms with Crippen LogP contribution in [0, 0.1) is 6.92 Å². The monoisotopic (exact) mass is 267 g/mol. The molecule has 1 unspecified atom stereocenters. The SMILES string of the molecule is CCNC(C)(CO)CCCSc1ccccc1C. The summed E-state index contributed by atoms with van der Waals surface area (Å²) in [5.74, 6) is 1.10. The third kappa shape index (κ3) is 5.01. The summed E-state index contributed by atoms with van der Waals surface area (Å²) >= 11 is 1.91. The van der Waals surface area contributed by atoms with Crippen molar-refractivity contribution in [3.05, 3.63) is 29.8 Å². The quantitative estimate of drug-likeness (QED) is 0.560. The van der Waals surface area contributed by atoms with Gasteiger partial charge in [-0.3, -0.25) is 0 Å². The van der Waals surface area contributed by atoms with Gasteiger partial charge in [0, 0.05) is 10.4 Å². The van der Waals surface area contributed by atoms with Gasteiger partial charge in [0.1, 0.15) is 0 Å². The molecule has 0 aliphatic heterocycles. The van der Waals surface area contributed by atoms with Crippen molar-refractivity contribution in [2.75, 3.05) is 18.9 Å². The molecule has 0 aromatic heterocycles. The molecule has 0 saturated heterocycles. The van der Waals surface area contributed by atoms with E-state index in [1.807, 2.05) is 11.8 Å². The molecule has 0 aliphatic rings. The highest BCUT2D eigenvalue weighted by Gasteiger charge is 2.20. The zero-order valence-corrected chi connectivity index (χ0v) is 12.5. The first-order valence-corrected chi connectivity index (χ1v) is 7.64. The molecule has 2 N–H and O–H groups in total. The summed E-state index contributed by atoms with van der Waals surface area (Å²) in [6.07, 6.45) is 2.12. The number of hydrogen-bond acceptors (Lipinski definition) is 3. The molecule has 18 heavy (non-hydrogen) atoms. The second-order valence-corrected chi connectivity index (χ2v) is 6.10. The normalized spacial score (nSPS) is 14.4. The lowest BCUT2D eigenvalue weighted by molar-refractivity contribution is 0.167. The Bertz CT molecular complexity index is 356. The van der Waals surface area contributed by atoms with Gasteiger partial charge in [-0.25, -0.2) is 0 Å². The zero-order valence-electron chi connectivity index (χ0n) is 11.7. The zero-order chi connectivity index (χ0) is 13.4. The van der Waals surface area contributed by atoms with Crippen LogP contribution in [-0.2, 0) is 0 Å². The maximum Gasteiger partial charge on any atom is 0.0610 e. The Labute approximate surface area is 115 Å². The summed E-state index contributed by atoms with van der Waals surface area (Å²) in [6.45, 7) is 7.43. The van der Waals surface area contributed by atoms with Crippen LogP contribution in [0.5, 0.6) is 0 Å². The van der Waals surface area contributed by atoms with Crippen LogP contribution in [0.4, 0.5) is 0 Å². The van der Waals surface area contributed by atoms with Crippen molar-refractivity contribution in [1.82, 2.24) is 5.32 Å². The van der Waals surface area contributed by atoms with Gasteiger partial charge in [-0.05, 0) is 50.6 Å². The van der Waals surface area contributed by atoms with Crippen LogP contribution in [0.15, 0.2) is 29.2 Å². The summed E-state index contributed by atoms with van der Waals surface area (Å²) in [7, 11) is 0. The third-order valence-electron chi connectivity index (χ3n) is 3.18. The molecule has 0 fully saturated rings. The average molecular weight is 267 g/mol. The summed E-state index contributed by atoms with van der Waals surface area (Å²) in [4.78, 5) is 1.37. The molecule has 1 rings (SSSR count). The summed E-state index contributed by atoms with van der Waals surface area (Å²) in [5, 5.41) is 12.8. The first-order valence-electron chi connectivity index (χ1n) is 6.65. The van der Waals surface area contributed by atoms with Crippen molar-refractivity contribution in [2.24, 2.45) is 0 Å². The van der Waals surface area contributed by atoms with Gasteiger partial charge < -0.3 is 10.4 Å². The molecule has 0 bridgehead atoms. The predicted octanol–water partition coefficient (Wildman–Crippen LogP) is 3.23. The van der Waals surface area contributed by atoms with Crippen LogP contribution < -0.4 is 5.32 Å². The van der Waals surface area contributed by atoms with Crippen molar-refractivity contribution in [1.29, 1.82) is 0 Å². The van der Waals surface area contributed by atoms with Gasteiger partial charge in [-0.2, -0.15) is 0 Å². The molecule has 0 heterocycles. The van der Waals surface area contributed by atoms with Crippen molar-refractivity contribution < 1.29 is 5.11 Å². The van der Waals surface area contributed by atoms with Gasteiger partial charge in [-0.15, -0.1) is 11.8 Å². The molecular formula is C15H25NOS. The summed E-state index contributed by atoms with van der Waals surface area (Å²) in [6, 6.07) is 8.49. The molecule has 1 aromatic rings. The molecule has 0 amide bonds. The minimum absolute atomic E-state index is 0.124. The van der Waals surface area contributed by atoms with E-state index >= 15 is 0 Å². The average Bonchev–Trinajstić information content (AvgIpc) is 2.37. The van der Waals surface area contributed by atoms with Gasteiger partial charge >= 0.3 is 0 Å².